The van der Waals surface area contributed by atoms with E-state index in [9.17, 15) is 22.8 Å². The van der Waals surface area contributed by atoms with Gasteiger partial charge >= 0.3 is 5.51 Å². The van der Waals surface area contributed by atoms with Crippen LogP contribution in [0.5, 0.6) is 0 Å². The molecule has 0 aliphatic carbocycles. The molecule has 2 aromatic heterocycles. The maximum absolute atomic E-state index is 13.4. The van der Waals surface area contributed by atoms with E-state index in [-0.39, 0.29) is 22.3 Å². The number of hydrogen-bond donors (Lipinski definition) is 0. The molecule has 0 bridgehead atoms. The van der Waals surface area contributed by atoms with Crippen molar-refractivity contribution in [3.8, 4) is 0 Å². The summed E-state index contributed by atoms with van der Waals surface area (Å²) in [4.78, 5) is 41.5. The first-order valence-electron chi connectivity index (χ1n) is 12.7. The van der Waals surface area contributed by atoms with Gasteiger partial charge in [0.15, 0.2) is 0 Å². The van der Waals surface area contributed by atoms with Crippen molar-refractivity contribution >= 4 is 41.4 Å². The Kier molecular flexibility index (Phi) is 8.99. The zero-order chi connectivity index (χ0) is 28.9. The number of thioether (sulfide) groups is 1. The van der Waals surface area contributed by atoms with E-state index >= 15 is 0 Å². The van der Waals surface area contributed by atoms with Gasteiger partial charge in [-0.05, 0) is 86.8 Å². The molecule has 0 saturated carbocycles. The lowest BCUT2D eigenvalue weighted by molar-refractivity contribution is -0.130. The Hall–Kier alpha value is -3.64. The number of aromatic nitrogens is 2. The monoisotopic (exact) mass is 572 g/mol. The number of pyridine rings is 2. The number of anilines is 3. The van der Waals surface area contributed by atoms with Crippen LogP contribution in [0.15, 0.2) is 71.9 Å². The summed E-state index contributed by atoms with van der Waals surface area (Å²) in [5.74, 6) is 1.31. The quantitative estimate of drug-likeness (QED) is 0.267. The van der Waals surface area contributed by atoms with Crippen molar-refractivity contribution in [2.75, 3.05) is 47.9 Å². The first kappa shape index (κ1) is 29.3. The van der Waals surface area contributed by atoms with Crippen molar-refractivity contribution in [3.63, 3.8) is 0 Å². The zero-order valence-corrected chi connectivity index (χ0v) is 23.3. The number of alkyl halides is 3. The molecule has 0 unspecified atom stereocenters. The minimum atomic E-state index is -4.42. The summed E-state index contributed by atoms with van der Waals surface area (Å²) in [6.07, 6.45) is 3.92. The summed E-state index contributed by atoms with van der Waals surface area (Å²) in [5.41, 5.74) is -4.37. The molecule has 3 heterocycles. The summed E-state index contributed by atoms with van der Waals surface area (Å²) >= 11 is -0.255. The molecular weight excluding hydrogens is 541 g/mol. The van der Waals surface area contributed by atoms with Crippen LogP contribution in [0.2, 0.25) is 0 Å². The van der Waals surface area contributed by atoms with E-state index in [1.54, 1.807) is 33.3 Å². The zero-order valence-electron chi connectivity index (χ0n) is 22.5. The van der Waals surface area contributed by atoms with Crippen molar-refractivity contribution in [2.45, 2.75) is 36.3 Å². The van der Waals surface area contributed by atoms with Crippen LogP contribution in [-0.2, 0) is 16.1 Å². The third kappa shape index (κ3) is 7.11. The van der Waals surface area contributed by atoms with Gasteiger partial charge in [-0.3, -0.25) is 19.4 Å². The van der Waals surface area contributed by atoms with Crippen LogP contribution < -0.4 is 14.7 Å². The van der Waals surface area contributed by atoms with Gasteiger partial charge in [0, 0.05) is 50.0 Å². The number of hydrogen-bond acceptors (Lipinski definition) is 8. The smallest absolute Gasteiger partial charge is 0.353 e. The fourth-order valence-corrected chi connectivity index (χ4v) is 4.94. The van der Waals surface area contributed by atoms with Crippen LogP contribution in [0, 0.1) is 0 Å². The van der Waals surface area contributed by atoms with Crippen molar-refractivity contribution in [1.82, 2.24) is 14.9 Å². The van der Waals surface area contributed by atoms with Crippen molar-refractivity contribution in [2.24, 2.45) is 0 Å². The van der Waals surface area contributed by atoms with E-state index in [1.165, 1.54) is 24.3 Å². The van der Waals surface area contributed by atoms with E-state index in [4.69, 9.17) is 0 Å². The number of nitrogens with zero attached hydrogens (tertiary/aromatic N) is 6. The number of rotatable bonds is 9. The second kappa shape index (κ2) is 12.3. The summed E-state index contributed by atoms with van der Waals surface area (Å²) in [6, 6.07) is 14.9. The number of likely N-dealkylation sites (N-methyl/N-ethyl adjacent to an activating group) is 1. The van der Waals surface area contributed by atoms with E-state index in [2.05, 4.69) is 19.8 Å². The molecule has 1 aliphatic heterocycles. The van der Waals surface area contributed by atoms with Gasteiger partial charge in [-0.2, -0.15) is 13.2 Å². The van der Waals surface area contributed by atoms with Gasteiger partial charge in [-0.15, -0.1) is 0 Å². The Morgan fingerprint density at radius 3 is 2.15 bits per heavy atom. The largest absolute Gasteiger partial charge is 0.446 e. The van der Waals surface area contributed by atoms with Crippen LogP contribution in [0.25, 0.3) is 0 Å². The number of amides is 2. The Labute approximate surface area is 235 Å². The maximum atomic E-state index is 13.4. The standard InChI is InChI=1S/C28H31F3N6O2S/c1-27(2,26(39)37(20-38)22-7-9-23(10-8-22)40-28(29,30)31)34(3)19-21-11-13-33-25(18-21)36-16-14-35(15-17-36)24-6-4-5-12-32-24/h4-13,18,20H,14-17,19H2,1-3H3. The van der Waals surface area contributed by atoms with Crippen molar-refractivity contribution in [1.29, 1.82) is 0 Å². The van der Waals surface area contributed by atoms with Gasteiger partial charge in [0.05, 0.1) is 11.2 Å². The van der Waals surface area contributed by atoms with Gasteiger partial charge in [-0.1, -0.05) is 6.07 Å². The van der Waals surface area contributed by atoms with Gasteiger partial charge in [0.25, 0.3) is 5.91 Å². The van der Waals surface area contributed by atoms with Gasteiger partial charge < -0.3 is 9.80 Å². The summed E-state index contributed by atoms with van der Waals surface area (Å²) in [5, 5.41) is 0. The topological polar surface area (TPSA) is 72.9 Å². The molecule has 40 heavy (non-hydrogen) atoms. The molecule has 0 N–H and O–H groups in total. The Morgan fingerprint density at radius 1 is 0.950 bits per heavy atom. The number of carbonyl (C=O) groups is 2. The predicted molar refractivity (Wildman–Crippen MR) is 150 cm³/mol. The van der Waals surface area contributed by atoms with E-state index < -0.39 is 17.0 Å². The second-order valence-corrected chi connectivity index (χ2v) is 11.1. The van der Waals surface area contributed by atoms with E-state index in [1.807, 2.05) is 35.2 Å². The molecule has 212 valence electrons. The summed E-state index contributed by atoms with van der Waals surface area (Å²) in [7, 11) is 1.79. The van der Waals surface area contributed by atoms with Gasteiger partial charge in [0.2, 0.25) is 6.41 Å². The molecule has 2 amide bonds. The van der Waals surface area contributed by atoms with E-state index in [0.717, 1.165) is 48.3 Å². The first-order valence-corrected chi connectivity index (χ1v) is 13.5. The van der Waals surface area contributed by atoms with Crippen LogP contribution in [-0.4, -0.2) is 71.5 Å². The molecule has 3 aromatic rings. The average molecular weight is 573 g/mol. The molecule has 1 saturated heterocycles. The Morgan fingerprint density at radius 2 is 1.57 bits per heavy atom. The number of imide groups is 1. The van der Waals surface area contributed by atoms with Crippen LogP contribution in [0.3, 0.4) is 0 Å². The molecule has 1 fully saturated rings. The molecule has 8 nitrogen and oxygen atoms in total. The van der Waals surface area contributed by atoms with Gasteiger partial charge in [-0.25, -0.2) is 9.97 Å². The lowest BCUT2D eigenvalue weighted by Crippen LogP contribution is -2.54. The normalized spacial score (nSPS) is 14.4. The number of benzene rings is 1. The minimum Gasteiger partial charge on any atom is -0.353 e. The highest BCUT2D eigenvalue weighted by Gasteiger charge is 2.37. The molecule has 1 aromatic carbocycles. The van der Waals surface area contributed by atoms with E-state index in [0.29, 0.717) is 13.0 Å². The lowest BCUT2D eigenvalue weighted by atomic mass is 10.00. The highest BCUT2D eigenvalue weighted by molar-refractivity contribution is 8.00. The fraction of sp³-hybridized carbons (Fsp3) is 0.357. The van der Waals surface area contributed by atoms with Crippen molar-refractivity contribution in [3.05, 3.63) is 72.6 Å². The highest BCUT2D eigenvalue weighted by atomic mass is 32.2. The molecule has 0 radical (unpaired) electrons. The molecule has 0 spiro atoms. The van der Waals surface area contributed by atoms with Crippen LogP contribution in [0.4, 0.5) is 30.5 Å². The van der Waals surface area contributed by atoms with Gasteiger partial charge in [0.1, 0.15) is 11.6 Å². The third-order valence-electron chi connectivity index (χ3n) is 6.96. The van der Waals surface area contributed by atoms with Crippen LogP contribution in [0.1, 0.15) is 19.4 Å². The molecule has 12 heteroatoms. The SMILES string of the molecule is CN(Cc1ccnc(N2CCN(c3ccccn3)CC2)c1)C(C)(C)C(=O)N(C=O)c1ccc(SC(F)(F)F)cc1. The summed E-state index contributed by atoms with van der Waals surface area (Å²) < 4.78 is 38.0. The second-order valence-electron chi connectivity index (χ2n) is 9.92. The average Bonchev–Trinajstić information content (AvgIpc) is 2.94. The number of carbonyl (C=O) groups excluding carboxylic acids is 2. The third-order valence-corrected chi connectivity index (χ3v) is 7.70. The molecular formula is C28H31F3N6O2S. The fourth-order valence-electron chi connectivity index (χ4n) is 4.40. The minimum absolute atomic E-state index is 0.0300. The van der Waals surface area contributed by atoms with Crippen LogP contribution >= 0.6 is 11.8 Å². The Bertz CT molecular complexity index is 1300. The molecule has 0 atom stereocenters. The maximum Gasteiger partial charge on any atom is 0.446 e. The Balaban J connectivity index is 1.40. The summed E-state index contributed by atoms with van der Waals surface area (Å²) in [6.45, 7) is 7.06. The molecule has 4 rings (SSSR count). The van der Waals surface area contributed by atoms with Crippen molar-refractivity contribution < 1.29 is 22.8 Å². The molecule has 1 aliphatic rings. The predicted octanol–water partition coefficient (Wildman–Crippen LogP) is 4.82. The lowest BCUT2D eigenvalue weighted by Gasteiger charge is -2.37. The number of piperazine rings is 1. The highest BCUT2D eigenvalue weighted by Crippen LogP contribution is 2.37. The number of halogens is 3. The first-order chi connectivity index (χ1) is 19.0.